The van der Waals surface area contributed by atoms with Crippen molar-refractivity contribution in [2.24, 2.45) is 11.7 Å². The number of hydrogen-bond donors (Lipinski definition) is 2. The summed E-state index contributed by atoms with van der Waals surface area (Å²) in [6.45, 7) is 8.03. The first-order valence-electron chi connectivity index (χ1n) is 12.4. The van der Waals surface area contributed by atoms with Gasteiger partial charge in [0, 0.05) is 42.6 Å². The summed E-state index contributed by atoms with van der Waals surface area (Å²) in [5.41, 5.74) is 9.64. The smallest absolute Gasteiger partial charge is 0.337 e. The minimum absolute atomic E-state index is 0.0474. The predicted octanol–water partition coefficient (Wildman–Crippen LogP) is 5.78. The summed E-state index contributed by atoms with van der Waals surface area (Å²) >= 11 is 0. The van der Waals surface area contributed by atoms with Gasteiger partial charge in [0.25, 0.3) is 0 Å². The van der Waals surface area contributed by atoms with E-state index in [1.807, 2.05) is 6.92 Å². The minimum atomic E-state index is -0.918. The van der Waals surface area contributed by atoms with Crippen LogP contribution in [0.1, 0.15) is 87.3 Å². The van der Waals surface area contributed by atoms with Gasteiger partial charge in [-0.2, -0.15) is 0 Å². The zero-order valence-corrected chi connectivity index (χ0v) is 20.3. The lowest BCUT2D eigenvalue weighted by atomic mass is 9.83. The molecule has 0 bridgehead atoms. The average Bonchev–Trinajstić information content (AvgIpc) is 3.16. The van der Waals surface area contributed by atoms with Crippen molar-refractivity contribution in [1.29, 1.82) is 0 Å². The Morgan fingerprint density at radius 3 is 2.30 bits per heavy atom. The van der Waals surface area contributed by atoms with Gasteiger partial charge in [-0.25, -0.2) is 4.79 Å². The molecule has 180 valence electrons. The van der Waals surface area contributed by atoms with Gasteiger partial charge in [-0.05, 0) is 63.3 Å². The summed E-state index contributed by atoms with van der Waals surface area (Å²) in [7, 11) is 0. The van der Waals surface area contributed by atoms with E-state index in [1.165, 1.54) is 32.1 Å². The molecule has 3 rings (SSSR count). The molecule has 3 N–H and O–H groups in total. The van der Waals surface area contributed by atoms with E-state index in [4.69, 9.17) is 5.73 Å². The van der Waals surface area contributed by atoms with Crippen LogP contribution in [0, 0.1) is 12.8 Å². The minimum Gasteiger partial charge on any atom is -0.478 e. The third kappa shape index (κ3) is 5.98. The van der Waals surface area contributed by atoms with Gasteiger partial charge in [-0.15, -0.1) is 0 Å². The Morgan fingerprint density at radius 1 is 1.12 bits per heavy atom. The Balaban J connectivity index is 2.03. The van der Waals surface area contributed by atoms with Crippen LogP contribution in [-0.2, 0) is 4.79 Å². The molecule has 0 radical (unpaired) electrons. The second-order valence-corrected chi connectivity index (χ2v) is 9.32. The number of amides is 1. The largest absolute Gasteiger partial charge is 0.478 e. The molecule has 1 heterocycles. The van der Waals surface area contributed by atoms with Gasteiger partial charge in [0.1, 0.15) is 0 Å². The number of primary amides is 1. The zero-order valence-electron chi connectivity index (χ0n) is 20.3. The van der Waals surface area contributed by atoms with Gasteiger partial charge in [0.15, 0.2) is 0 Å². The van der Waals surface area contributed by atoms with Crippen LogP contribution in [0.25, 0.3) is 11.3 Å². The van der Waals surface area contributed by atoms with E-state index in [0.717, 1.165) is 42.1 Å². The van der Waals surface area contributed by atoms with Crippen molar-refractivity contribution in [3.63, 3.8) is 0 Å². The summed E-state index contributed by atoms with van der Waals surface area (Å²) in [5.74, 6) is -0.625. The standard InChI is InChI=1S/C27H39N3O3/c1-4-29(5-2)22-13-11-21(12-14-22)25-18-24(27(32)33)19(3)30(25)23(15-16-26(28)31)17-20-9-7-6-8-10-20/h11-14,18,20,23H,4-10,15-17H2,1-3H3,(H2,28,31)(H,32,33). The van der Waals surface area contributed by atoms with Crippen molar-refractivity contribution >= 4 is 17.6 Å². The van der Waals surface area contributed by atoms with Gasteiger partial charge in [-0.1, -0.05) is 44.2 Å². The normalized spacial score (nSPS) is 15.4. The molecule has 1 saturated carbocycles. The molecule has 1 amide bonds. The summed E-state index contributed by atoms with van der Waals surface area (Å²) in [6.07, 6.45) is 8.07. The molecule has 1 fully saturated rings. The lowest BCUT2D eigenvalue weighted by Crippen LogP contribution is -2.21. The van der Waals surface area contributed by atoms with E-state index in [9.17, 15) is 14.7 Å². The molecule has 6 heteroatoms. The van der Waals surface area contributed by atoms with E-state index < -0.39 is 5.97 Å². The van der Waals surface area contributed by atoms with E-state index in [-0.39, 0.29) is 11.9 Å². The van der Waals surface area contributed by atoms with Crippen LogP contribution < -0.4 is 10.6 Å². The zero-order chi connectivity index (χ0) is 24.0. The highest BCUT2D eigenvalue weighted by molar-refractivity contribution is 5.91. The number of carboxylic acid groups (broad SMARTS) is 1. The Morgan fingerprint density at radius 2 is 1.76 bits per heavy atom. The molecule has 0 aliphatic heterocycles. The molecule has 0 saturated heterocycles. The van der Waals surface area contributed by atoms with E-state index in [1.54, 1.807) is 6.07 Å². The lowest BCUT2D eigenvalue weighted by molar-refractivity contribution is -0.118. The second-order valence-electron chi connectivity index (χ2n) is 9.32. The maximum atomic E-state index is 12.0. The molecule has 1 aliphatic carbocycles. The summed E-state index contributed by atoms with van der Waals surface area (Å²) < 4.78 is 2.17. The molecule has 33 heavy (non-hydrogen) atoms. The summed E-state index contributed by atoms with van der Waals surface area (Å²) in [6, 6.07) is 10.2. The highest BCUT2D eigenvalue weighted by atomic mass is 16.4. The van der Waals surface area contributed by atoms with Crippen molar-refractivity contribution in [2.75, 3.05) is 18.0 Å². The number of anilines is 1. The summed E-state index contributed by atoms with van der Waals surface area (Å²) in [5, 5.41) is 9.86. The van der Waals surface area contributed by atoms with Crippen LogP contribution in [0.5, 0.6) is 0 Å². The number of aromatic carboxylic acids is 1. The van der Waals surface area contributed by atoms with Crippen molar-refractivity contribution < 1.29 is 14.7 Å². The van der Waals surface area contributed by atoms with E-state index in [2.05, 4.69) is 47.6 Å². The number of rotatable bonds is 11. The first-order chi connectivity index (χ1) is 15.8. The van der Waals surface area contributed by atoms with Gasteiger partial charge in [0.05, 0.1) is 5.56 Å². The number of carbonyl (C=O) groups excluding carboxylic acids is 1. The first kappa shape index (κ1) is 24.9. The number of aromatic nitrogens is 1. The molecule has 2 aromatic rings. The Labute approximate surface area is 197 Å². The van der Waals surface area contributed by atoms with Crippen molar-refractivity contribution in [3.8, 4) is 11.3 Å². The van der Waals surface area contributed by atoms with Gasteiger partial charge < -0.3 is 20.3 Å². The fourth-order valence-corrected chi connectivity index (χ4v) is 5.43. The van der Waals surface area contributed by atoms with Crippen LogP contribution in [0.2, 0.25) is 0 Å². The van der Waals surface area contributed by atoms with Crippen molar-refractivity contribution in [3.05, 3.63) is 41.6 Å². The second kappa shape index (κ2) is 11.4. The molecular weight excluding hydrogens is 414 g/mol. The monoisotopic (exact) mass is 453 g/mol. The lowest BCUT2D eigenvalue weighted by Gasteiger charge is -2.30. The van der Waals surface area contributed by atoms with Gasteiger partial charge in [-0.3, -0.25) is 4.79 Å². The number of carbonyl (C=O) groups is 2. The SMILES string of the molecule is CCN(CC)c1ccc(-c2cc(C(=O)O)c(C)n2C(CCC(N)=O)CC2CCCCC2)cc1. The van der Waals surface area contributed by atoms with Crippen LogP contribution in [0.4, 0.5) is 5.69 Å². The molecule has 1 aromatic heterocycles. The number of benzene rings is 1. The van der Waals surface area contributed by atoms with Crippen molar-refractivity contribution in [1.82, 2.24) is 4.57 Å². The topological polar surface area (TPSA) is 88.6 Å². The Bertz CT molecular complexity index is 938. The quantitative estimate of drug-likeness (QED) is 0.451. The fraction of sp³-hybridized carbons (Fsp3) is 0.556. The number of nitrogens with two attached hydrogens (primary N) is 1. The Hall–Kier alpha value is -2.76. The Kier molecular flexibility index (Phi) is 8.59. The highest BCUT2D eigenvalue weighted by Crippen LogP contribution is 2.38. The maximum Gasteiger partial charge on any atom is 0.337 e. The third-order valence-electron chi connectivity index (χ3n) is 7.23. The molecule has 1 unspecified atom stereocenters. The van der Waals surface area contributed by atoms with Crippen molar-refractivity contribution in [2.45, 2.75) is 78.2 Å². The molecule has 0 spiro atoms. The maximum absolute atomic E-state index is 12.0. The number of carboxylic acids is 1. The van der Waals surface area contributed by atoms with E-state index >= 15 is 0 Å². The van der Waals surface area contributed by atoms with Crippen LogP contribution >= 0.6 is 0 Å². The van der Waals surface area contributed by atoms with Crippen LogP contribution in [-0.4, -0.2) is 34.6 Å². The molecule has 1 atom stereocenters. The number of nitrogens with zero attached hydrogens (tertiary/aromatic N) is 2. The third-order valence-corrected chi connectivity index (χ3v) is 7.23. The highest BCUT2D eigenvalue weighted by Gasteiger charge is 2.27. The van der Waals surface area contributed by atoms with Crippen LogP contribution in [0.15, 0.2) is 30.3 Å². The van der Waals surface area contributed by atoms with Gasteiger partial charge >= 0.3 is 5.97 Å². The number of hydrogen-bond acceptors (Lipinski definition) is 3. The fourth-order valence-electron chi connectivity index (χ4n) is 5.43. The van der Waals surface area contributed by atoms with Gasteiger partial charge in [0.2, 0.25) is 5.91 Å². The van der Waals surface area contributed by atoms with Crippen LogP contribution in [0.3, 0.4) is 0 Å². The summed E-state index contributed by atoms with van der Waals surface area (Å²) in [4.78, 5) is 26.0. The molecule has 6 nitrogen and oxygen atoms in total. The predicted molar refractivity (Wildman–Crippen MR) is 134 cm³/mol. The van der Waals surface area contributed by atoms with E-state index in [0.29, 0.717) is 24.3 Å². The molecule has 1 aliphatic rings. The molecular formula is C27H39N3O3. The molecule has 1 aromatic carbocycles. The first-order valence-corrected chi connectivity index (χ1v) is 12.4. The average molecular weight is 454 g/mol.